The molecule has 0 bridgehead atoms. The van der Waals surface area contributed by atoms with Gasteiger partial charge >= 0.3 is 0 Å². The molecule has 0 radical (unpaired) electrons. The highest BCUT2D eigenvalue weighted by Gasteiger charge is 2.10. The Kier molecular flexibility index (Phi) is 4.49. The summed E-state index contributed by atoms with van der Waals surface area (Å²) in [5, 5.41) is 0. The highest BCUT2D eigenvalue weighted by atomic mass is 15.3. The molecule has 0 amide bonds. The second kappa shape index (κ2) is 5.65. The first-order valence-electron chi connectivity index (χ1n) is 5.72. The molecule has 0 saturated heterocycles. The molecule has 16 heavy (non-hydrogen) atoms. The molecule has 3 N–H and O–H groups in total. The first-order valence-corrected chi connectivity index (χ1v) is 5.72. The smallest absolute Gasteiger partial charge is 0.145 e. The van der Waals surface area contributed by atoms with E-state index in [0.29, 0.717) is 11.7 Å². The Balaban J connectivity index is 3.12. The number of hydrogen-bond donors (Lipinski definition) is 2. The summed E-state index contributed by atoms with van der Waals surface area (Å²) in [4.78, 5) is 11.0. The van der Waals surface area contributed by atoms with E-state index in [4.69, 9.17) is 5.84 Å². The van der Waals surface area contributed by atoms with Gasteiger partial charge in [0.1, 0.15) is 17.5 Å². The maximum absolute atomic E-state index is 5.41. The van der Waals surface area contributed by atoms with Gasteiger partial charge in [0.15, 0.2) is 0 Å². The predicted octanol–water partition coefficient (Wildman–Crippen LogP) is 1.73. The van der Waals surface area contributed by atoms with Crippen molar-refractivity contribution in [2.75, 3.05) is 23.4 Å². The summed E-state index contributed by atoms with van der Waals surface area (Å²) < 4.78 is 0. The highest BCUT2D eigenvalue weighted by Crippen LogP contribution is 2.19. The molecule has 0 aliphatic carbocycles. The minimum Gasteiger partial charge on any atom is -0.357 e. The van der Waals surface area contributed by atoms with Crippen molar-refractivity contribution >= 4 is 11.6 Å². The molecule has 1 aromatic heterocycles. The molecule has 0 aliphatic rings. The summed E-state index contributed by atoms with van der Waals surface area (Å²) >= 11 is 0. The van der Waals surface area contributed by atoms with E-state index >= 15 is 0 Å². The SMILES string of the molecule is CCN(CC)c1cc(NN)nc(C(C)C)n1. The van der Waals surface area contributed by atoms with Gasteiger partial charge < -0.3 is 10.3 Å². The first kappa shape index (κ1) is 12.7. The van der Waals surface area contributed by atoms with Crippen LogP contribution in [-0.4, -0.2) is 23.1 Å². The summed E-state index contributed by atoms with van der Waals surface area (Å²) in [7, 11) is 0. The number of hydrazine groups is 1. The van der Waals surface area contributed by atoms with E-state index in [1.54, 1.807) is 0 Å². The number of rotatable bonds is 5. The average Bonchev–Trinajstić information content (AvgIpc) is 2.30. The van der Waals surface area contributed by atoms with E-state index in [1.807, 2.05) is 6.07 Å². The van der Waals surface area contributed by atoms with Crippen LogP contribution in [0.15, 0.2) is 6.07 Å². The maximum Gasteiger partial charge on any atom is 0.145 e. The number of nitrogens with two attached hydrogens (primary N) is 1. The number of nitrogens with one attached hydrogen (secondary N) is 1. The van der Waals surface area contributed by atoms with Crippen molar-refractivity contribution in [3.05, 3.63) is 11.9 Å². The fourth-order valence-corrected chi connectivity index (χ4v) is 1.49. The molecule has 90 valence electrons. The minimum absolute atomic E-state index is 0.294. The van der Waals surface area contributed by atoms with Crippen LogP contribution < -0.4 is 16.2 Å². The van der Waals surface area contributed by atoms with Gasteiger partial charge in [-0.3, -0.25) is 0 Å². The largest absolute Gasteiger partial charge is 0.357 e. The Labute approximate surface area is 97.0 Å². The van der Waals surface area contributed by atoms with E-state index in [9.17, 15) is 0 Å². The Bertz CT molecular complexity index is 333. The van der Waals surface area contributed by atoms with E-state index in [0.717, 1.165) is 24.7 Å². The molecule has 0 aliphatic heterocycles. The summed E-state index contributed by atoms with van der Waals surface area (Å²) in [6.07, 6.45) is 0. The van der Waals surface area contributed by atoms with E-state index < -0.39 is 0 Å². The van der Waals surface area contributed by atoms with E-state index in [1.165, 1.54) is 0 Å². The lowest BCUT2D eigenvalue weighted by molar-refractivity contribution is 0.756. The van der Waals surface area contributed by atoms with Gasteiger partial charge in [0.2, 0.25) is 0 Å². The van der Waals surface area contributed by atoms with Gasteiger partial charge in [0.05, 0.1) is 0 Å². The van der Waals surface area contributed by atoms with Crippen LogP contribution in [0.4, 0.5) is 11.6 Å². The van der Waals surface area contributed by atoms with Crippen LogP contribution in [0, 0.1) is 0 Å². The normalized spacial score (nSPS) is 10.6. The third-order valence-electron chi connectivity index (χ3n) is 2.48. The van der Waals surface area contributed by atoms with E-state index in [2.05, 4.69) is 48.0 Å². The fraction of sp³-hybridized carbons (Fsp3) is 0.636. The lowest BCUT2D eigenvalue weighted by atomic mass is 10.2. The van der Waals surface area contributed by atoms with Crippen molar-refractivity contribution in [2.24, 2.45) is 5.84 Å². The number of nitrogens with zero attached hydrogens (tertiary/aromatic N) is 3. The molecule has 1 heterocycles. The van der Waals surface area contributed by atoms with Crippen LogP contribution in [0.5, 0.6) is 0 Å². The molecule has 0 atom stereocenters. The Morgan fingerprint density at radius 3 is 2.38 bits per heavy atom. The van der Waals surface area contributed by atoms with Gasteiger partial charge in [0.25, 0.3) is 0 Å². The monoisotopic (exact) mass is 223 g/mol. The average molecular weight is 223 g/mol. The van der Waals surface area contributed by atoms with Crippen LogP contribution in [0.3, 0.4) is 0 Å². The number of hydrogen-bond acceptors (Lipinski definition) is 5. The molecule has 1 rings (SSSR count). The Morgan fingerprint density at radius 2 is 1.94 bits per heavy atom. The van der Waals surface area contributed by atoms with Crippen LogP contribution in [0.1, 0.15) is 39.4 Å². The van der Waals surface area contributed by atoms with Crippen molar-refractivity contribution in [2.45, 2.75) is 33.6 Å². The molecule has 5 nitrogen and oxygen atoms in total. The molecule has 0 fully saturated rings. The Hall–Kier alpha value is -1.36. The predicted molar refractivity (Wildman–Crippen MR) is 67.5 cm³/mol. The lowest BCUT2D eigenvalue weighted by Crippen LogP contribution is -2.24. The van der Waals surface area contributed by atoms with Crippen LogP contribution >= 0.6 is 0 Å². The van der Waals surface area contributed by atoms with Gasteiger partial charge in [-0.1, -0.05) is 13.8 Å². The number of nitrogen functional groups attached to an aromatic ring is 1. The highest BCUT2D eigenvalue weighted by molar-refractivity contribution is 5.49. The molecular weight excluding hydrogens is 202 g/mol. The Morgan fingerprint density at radius 1 is 1.31 bits per heavy atom. The summed E-state index contributed by atoms with van der Waals surface area (Å²) in [6, 6.07) is 1.87. The molecule has 0 spiro atoms. The van der Waals surface area contributed by atoms with Gasteiger partial charge in [-0.25, -0.2) is 15.8 Å². The van der Waals surface area contributed by atoms with Gasteiger partial charge in [-0.2, -0.15) is 0 Å². The van der Waals surface area contributed by atoms with Crippen molar-refractivity contribution in [1.82, 2.24) is 9.97 Å². The van der Waals surface area contributed by atoms with Crippen molar-refractivity contribution < 1.29 is 0 Å². The zero-order valence-corrected chi connectivity index (χ0v) is 10.5. The maximum atomic E-state index is 5.41. The first-order chi connectivity index (χ1) is 7.62. The summed E-state index contributed by atoms with van der Waals surface area (Å²) in [6.45, 7) is 10.2. The molecule has 0 unspecified atom stereocenters. The second-order valence-electron chi connectivity index (χ2n) is 3.94. The third-order valence-corrected chi connectivity index (χ3v) is 2.48. The summed E-state index contributed by atoms with van der Waals surface area (Å²) in [5.41, 5.74) is 2.59. The fourth-order valence-electron chi connectivity index (χ4n) is 1.49. The second-order valence-corrected chi connectivity index (χ2v) is 3.94. The quantitative estimate of drug-likeness (QED) is 0.588. The number of aromatic nitrogens is 2. The molecule has 5 heteroatoms. The molecule has 0 aromatic carbocycles. The van der Waals surface area contributed by atoms with Crippen LogP contribution in [0.25, 0.3) is 0 Å². The zero-order valence-electron chi connectivity index (χ0n) is 10.5. The lowest BCUT2D eigenvalue weighted by Gasteiger charge is -2.21. The van der Waals surface area contributed by atoms with Crippen molar-refractivity contribution in [1.29, 1.82) is 0 Å². The standard InChI is InChI=1S/C11H21N5/c1-5-16(6-2)10-7-9(15-12)13-11(14-10)8(3)4/h7-8H,5-6,12H2,1-4H3,(H,13,14,15). The third kappa shape index (κ3) is 2.82. The molecule has 1 aromatic rings. The molecular formula is C11H21N5. The van der Waals surface area contributed by atoms with Crippen molar-refractivity contribution in [3.8, 4) is 0 Å². The van der Waals surface area contributed by atoms with Crippen molar-refractivity contribution in [3.63, 3.8) is 0 Å². The zero-order chi connectivity index (χ0) is 12.1. The van der Waals surface area contributed by atoms with Gasteiger partial charge in [-0.15, -0.1) is 0 Å². The molecule has 0 saturated carbocycles. The topological polar surface area (TPSA) is 67.1 Å². The summed E-state index contributed by atoms with van der Waals surface area (Å²) in [5.74, 6) is 8.12. The van der Waals surface area contributed by atoms with Gasteiger partial charge in [0, 0.05) is 25.1 Å². The minimum atomic E-state index is 0.294. The van der Waals surface area contributed by atoms with Gasteiger partial charge in [-0.05, 0) is 13.8 Å². The van der Waals surface area contributed by atoms with Crippen LogP contribution in [0.2, 0.25) is 0 Å². The van der Waals surface area contributed by atoms with E-state index in [-0.39, 0.29) is 0 Å². The van der Waals surface area contributed by atoms with Crippen LogP contribution in [-0.2, 0) is 0 Å². The number of anilines is 2.